The van der Waals surface area contributed by atoms with Crippen LogP contribution < -0.4 is 0 Å². The molecule has 0 bridgehead atoms. The van der Waals surface area contributed by atoms with Crippen LogP contribution >= 0.6 is 0 Å². The number of hydrogen-bond donors (Lipinski definition) is 0. The van der Waals surface area contributed by atoms with Crippen molar-refractivity contribution in [2.75, 3.05) is 26.2 Å². The summed E-state index contributed by atoms with van der Waals surface area (Å²) in [4.78, 5) is 29.2. The van der Waals surface area contributed by atoms with Crippen LogP contribution in [0.4, 0.5) is 4.79 Å². The summed E-state index contributed by atoms with van der Waals surface area (Å²) in [5, 5.41) is 4.48. The summed E-state index contributed by atoms with van der Waals surface area (Å²) in [5.74, 6) is 0.0267. The molecule has 2 aromatic rings. The first-order valence-electron chi connectivity index (χ1n) is 11.2. The van der Waals surface area contributed by atoms with Gasteiger partial charge in [-0.3, -0.25) is 9.48 Å². The van der Waals surface area contributed by atoms with E-state index in [1.54, 1.807) is 11.1 Å². The summed E-state index contributed by atoms with van der Waals surface area (Å²) < 4.78 is 7.36. The van der Waals surface area contributed by atoms with E-state index in [-0.39, 0.29) is 18.0 Å². The monoisotopic (exact) mass is 424 g/mol. The Labute approximate surface area is 184 Å². The number of nitrogens with zero attached hydrogens (tertiary/aromatic N) is 4. The van der Waals surface area contributed by atoms with Crippen LogP contribution in [0.3, 0.4) is 0 Å². The smallest absolute Gasteiger partial charge is 0.410 e. The standard InChI is InChI=1S/C24H32N4O3/c1-24(2,3)31-23(30)27-12-6-9-21(17-27)28-16-20(15-25-28)22(29)26-13-10-18-7-4-5-8-19(18)11-14-26/h4-5,7-8,15-16,21H,6,9-14,17H2,1-3H3. The minimum Gasteiger partial charge on any atom is -0.444 e. The minimum absolute atomic E-state index is 0.0267. The van der Waals surface area contributed by atoms with Crippen molar-refractivity contribution < 1.29 is 14.3 Å². The third-order valence-electron chi connectivity index (χ3n) is 5.98. The van der Waals surface area contributed by atoms with Crippen molar-refractivity contribution in [2.24, 2.45) is 0 Å². The Hall–Kier alpha value is -2.83. The van der Waals surface area contributed by atoms with Crippen molar-refractivity contribution in [3.05, 3.63) is 53.3 Å². The Kier molecular flexibility index (Phi) is 6.03. The minimum atomic E-state index is -0.512. The lowest BCUT2D eigenvalue weighted by Gasteiger charge is -2.34. The lowest BCUT2D eigenvalue weighted by molar-refractivity contribution is 0.0167. The van der Waals surface area contributed by atoms with Gasteiger partial charge in [-0.1, -0.05) is 24.3 Å². The van der Waals surface area contributed by atoms with Crippen LogP contribution in [0, 0.1) is 0 Å². The fourth-order valence-electron chi connectivity index (χ4n) is 4.36. The predicted molar refractivity (Wildman–Crippen MR) is 118 cm³/mol. The van der Waals surface area contributed by atoms with Crippen molar-refractivity contribution in [1.29, 1.82) is 0 Å². The lowest BCUT2D eigenvalue weighted by Crippen LogP contribution is -2.43. The molecule has 0 saturated carbocycles. The van der Waals surface area contributed by atoms with E-state index in [0.717, 1.165) is 38.8 Å². The molecule has 2 amide bonds. The van der Waals surface area contributed by atoms with Crippen LogP contribution in [0.5, 0.6) is 0 Å². The Balaban J connectivity index is 1.40. The first kappa shape index (κ1) is 21.4. The summed E-state index contributed by atoms with van der Waals surface area (Å²) in [6.07, 6.45) is 6.78. The molecule has 3 heterocycles. The van der Waals surface area contributed by atoms with Crippen molar-refractivity contribution in [2.45, 2.75) is 58.1 Å². The van der Waals surface area contributed by atoms with E-state index < -0.39 is 5.60 Å². The first-order chi connectivity index (χ1) is 14.8. The number of aromatic nitrogens is 2. The molecule has 31 heavy (non-hydrogen) atoms. The molecular weight excluding hydrogens is 392 g/mol. The molecule has 166 valence electrons. The third-order valence-corrected chi connectivity index (χ3v) is 5.98. The molecule has 0 radical (unpaired) electrons. The van der Waals surface area contributed by atoms with E-state index >= 15 is 0 Å². The van der Waals surface area contributed by atoms with E-state index in [2.05, 4.69) is 29.4 Å². The summed E-state index contributed by atoms with van der Waals surface area (Å²) in [6, 6.07) is 8.48. The molecular formula is C24H32N4O3. The molecule has 7 heteroatoms. The van der Waals surface area contributed by atoms with Crippen molar-refractivity contribution in [3.8, 4) is 0 Å². The molecule has 0 N–H and O–H groups in total. The largest absolute Gasteiger partial charge is 0.444 e. The van der Waals surface area contributed by atoms with Crippen molar-refractivity contribution >= 4 is 12.0 Å². The molecule has 0 aliphatic carbocycles. The van der Waals surface area contributed by atoms with E-state index in [1.807, 2.05) is 36.5 Å². The van der Waals surface area contributed by atoms with Gasteiger partial charge in [0.15, 0.2) is 0 Å². The van der Waals surface area contributed by atoms with Gasteiger partial charge in [-0.2, -0.15) is 5.10 Å². The Bertz CT molecular complexity index is 919. The van der Waals surface area contributed by atoms with Gasteiger partial charge in [0, 0.05) is 32.4 Å². The highest BCUT2D eigenvalue weighted by Crippen LogP contribution is 2.24. The van der Waals surface area contributed by atoms with Gasteiger partial charge in [-0.25, -0.2) is 4.79 Å². The quantitative estimate of drug-likeness (QED) is 0.737. The van der Waals surface area contributed by atoms with Crippen molar-refractivity contribution in [3.63, 3.8) is 0 Å². The molecule has 0 spiro atoms. The molecule has 2 aliphatic rings. The van der Waals surface area contributed by atoms with Crippen LogP contribution in [0.2, 0.25) is 0 Å². The maximum Gasteiger partial charge on any atom is 0.410 e. The van der Waals surface area contributed by atoms with Crippen LogP contribution in [-0.4, -0.2) is 63.4 Å². The Morgan fingerprint density at radius 1 is 1.03 bits per heavy atom. The molecule has 1 atom stereocenters. The second-order valence-corrected chi connectivity index (χ2v) is 9.49. The Morgan fingerprint density at radius 3 is 2.35 bits per heavy atom. The highest BCUT2D eigenvalue weighted by atomic mass is 16.6. The predicted octanol–water partition coefficient (Wildman–Crippen LogP) is 3.70. The molecule has 1 aromatic heterocycles. The van der Waals surface area contributed by atoms with E-state index in [9.17, 15) is 9.59 Å². The first-order valence-corrected chi connectivity index (χ1v) is 11.2. The van der Waals surface area contributed by atoms with Gasteiger partial charge in [0.05, 0.1) is 17.8 Å². The summed E-state index contributed by atoms with van der Waals surface area (Å²) >= 11 is 0. The van der Waals surface area contributed by atoms with E-state index in [4.69, 9.17) is 4.74 Å². The number of amides is 2. The van der Waals surface area contributed by atoms with Gasteiger partial charge in [0.2, 0.25) is 0 Å². The number of carbonyl (C=O) groups excluding carboxylic acids is 2. The molecule has 1 aromatic carbocycles. The maximum absolute atomic E-state index is 13.1. The highest BCUT2D eigenvalue weighted by Gasteiger charge is 2.29. The molecule has 7 nitrogen and oxygen atoms in total. The number of fused-ring (bicyclic) bond motifs is 1. The maximum atomic E-state index is 13.1. The zero-order valence-electron chi connectivity index (χ0n) is 18.7. The summed E-state index contributed by atoms with van der Waals surface area (Å²) in [6.45, 7) is 8.29. The van der Waals surface area contributed by atoms with Crippen LogP contribution in [0.15, 0.2) is 36.7 Å². The van der Waals surface area contributed by atoms with Crippen molar-refractivity contribution in [1.82, 2.24) is 19.6 Å². The third kappa shape index (κ3) is 5.09. The Morgan fingerprint density at radius 2 is 1.71 bits per heavy atom. The average molecular weight is 425 g/mol. The molecule has 2 aliphatic heterocycles. The second kappa shape index (κ2) is 8.73. The molecule has 1 fully saturated rings. The zero-order valence-corrected chi connectivity index (χ0v) is 18.7. The second-order valence-electron chi connectivity index (χ2n) is 9.49. The van der Waals surface area contributed by atoms with Crippen LogP contribution in [0.1, 0.15) is 61.1 Å². The topological polar surface area (TPSA) is 67.7 Å². The SMILES string of the molecule is CC(C)(C)OC(=O)N1CCCC(n2cc(C(=O)N3CCc4ccccc4CC3)cn2)C1. The van der Waals surface area contributed by atoms with Gasteiger partial charge in [0.1, 0.15) is 5.60 Å². The lowest BCUT2D eigenvalue weighted by atomic mass is 10.0. The normalized spacial score (nSPS) is 19.5. The average Bonchev–Trinajstić information content (AvgIpc) is 3.13. The fraction of sp³-hybridized carbons (Fsp3) is 0.542. The zero-order chi connectivity index (χ0) is 22.0. The molecule has 1 saturated heterocycles. The summed E-state index contributed by atoms with van der Waals surface area (Å²) in [5.41, 5.74) is 2.76. The van der Waals surface area contributed by atoms with Crippen LogP contribution in [-0.2, 0) is 17.6 Å². The summed E-state index contributed by atoms with van der Waals surface area (Å²) in [7, 11) is 0. The number of ether oxygens (including phenoxy) is 1. The molecule has 4 rings (SSSR count). The van der Waals surface area contributed by atoms with Gasteiger partial charge >= 0.3 is 6.09 Å². The number of rotatable bonds is 2. The van der Waals surface area contributed by atoms with E-state index in [1.165, 1.54) is 11.1 Å². The van der Waals surface area contributed by atoms with Gasteiger partial charge in [-0.05, 0) is 57.6 Å². The number of piperidine rings is 1. The van der Waals surface area contributed by atoms with Gasteiger partial charge < -0.3 is 14.5 Å². The number of benzene rings is 1. The number of hydrogen-bond acceptors (Lipinski definition) is 4. The fourth-order valence-corrected chi connectivity index (χ4v) is 4.36. The van der Waals surface area contributed by atoms with Gasteiger partial charge in [-0.15, -0.1) is 0 Å². The number of likely N-dealkylation sites (tertiary alicyclic amines) is 1. The molecule has 1 unspecified atom stereocenters. The number of carbonyl (C=O) groups is 2. The van der Waals surface area contributed by atoms with Gasteiger partial charge in [0.25, 0.3) is 5.91 Å². The van der Waals surface area contributed by atoms with E-state index in [0.29, 0.717) is 18.7 Å². The van der Waals surface area contributed by atoms with Crippen LogP contribution in [0.25, 0.3) is 0 Å². The highest BCUT2D eigenvalue weighted by molar-refractivity contribution is 5.93.